The van der Waals surface area contributed by atoms with Crippen molar-refractivity contribution in [1.82, 2.24) is 4.81 Å². The third-order valence-electron chi connectivity index (χ3n) is 1.20. The Labute approximate surface area is 51.3 Å². The zero-order chi connectivity index (χ0) is 6.73. The van der Waals surface area contributed by atoms with Gasteiger partial charge in [0.15, 0.2) is 7.98 Å². The van der Waals surface area contributed by atoms with Crippen LogP contribution < -0.4 is 0 Å². The van der Waals surface area contributed by atoms with Gasteiger partial charge in [-0.15, -0.1) is 0 Å². The first-order chi connectivity index (χ1) is 3.55. The van der Waals surface area contributed by atoms with Crippen molar-refractivity contribution < 1.29 is 4.79 Å². The van der Waals surface area contributed by atoms with Gasteiger partial charge in [0, 0.05) is 0 Å². The monoisotopic (exact) mass is 111 g/mol. The molecule has 0 rings (SSSR count). The van der Waals surface area contributed by atoms with Crippen LogP contribution in [0.3, 0.4) is 0 Å². The van der Waals surface area contributed by atoms with E-state index in [0.29, 0.717) is 0 Å². The van der Waals surface area contributed by atoms with E-state index in [1.165, 1.54) is 11.7 Å². The number of carbonyl (C=O) groups excluding carboxylic acids is 1. The van der Waals surface area contributed by atoms with E-state index < -0.39 is 0 Å². The molecule has 0 aromatic rings. The number of hydrogen-bond donors (Lipinski definition) is 0. The fourth-order valence-corrected chi connectivity index (χ4v) is 0.287. The molecule has 0 spiro atoms. The number of Topliss-reactive ketones (excluding diaryl/α,β-unsaturated/α-hetero) is 1. The van der Waals surface area contributed by atoms with Gasteiger partial charge >= 0.3 is 0 Å². The molecule has 1 atom stereocenters. The van der Waals surface area contributed by atoms with Crippen LogP contribution in [-0.4, -0.2) is 31.7 Å². The molecule has 2 radical (unpaired) electrons. The Morgan fingerprint density at radius 1 is 1.75 bits per heavy atom. The van der Waals surface area contributed by atoms with Crippen LogP contribution in [0.15, 0.2) is 0 Å². The van der Waals surface area contributed by atoms with Crippen LogP contribution in [0.1, 0.15) is 13.8 Å². The number of hydrogen-bond acceptors (Lipinski definition) is 2. The summed E-state index contributed by atoms with van der Waals surface area (Å²) in [6.07, 6.45) is 0. The molecule has 0 amide bonds. The maximum atomic E-state index is 10.5. The van der Waals surface area contributed by atoms with Crippen LogP contribution in [0.2, 0.25) is 0 Å². The van der Waals surface area contributed by atoms with Crippen molar-refractivity contribution >= 4 is 13.8 Å². The Kier molecular flexibility index (Phi) is 2.76. The Morgan fingerprint density at radius 2 is 2.12 bits per heavy atom. The van der Waals surface area contributed by atoms with E-state index in [4.69, 9.17) is 7.98 Å². The fourth-order valence-electron chi connectivity index (χ4n) is 0.287. The third-order valence-corrected chi connectivity index (χ3v) is 1.20. The van der Waals surface area contributed by atoms with E-state index in [2.05, 4.69) is 0 Å². The molecule has 0 N–H and O–H groups in total. The molecule has 8 heavy (non-hydrogen) atoms. The molecule has 0 aromatic carbocycles. The maximum absolute atomic E-state index is 10.5. The Morgan fingerprint density at radius 3 is 2.12 bits per heavy atom. The molecule has 0 aliphatic rings. The highest BCUT2D eigenvalue weighted by atomic mass is 16.1. The number of rotatable bonds is 2. The van der Waals surface area contributed by atoms with Crippen molar-refractivity contribution in [2.75, 3.05) is 7.05 Å². The zero-order valence-corrected chi connectivity index (χ0v) is 5.51. The molecule has 0 saturated heterocycles. The number of carbonyl (C=O) groups is 1. The first-order valence-electron chi connectivity index (χ1n) is 2.53. The second-order valence-corrected chi connectivity index (χ2v) is 1.95. The average Bonchev–Trinajstić information content (AvgIpc) is 1.64. The van der Waals surface area contributed by atoms with E-state index in [9.17, 15) is 4.79 Å². The Hall–Kier alpha value is -0.305. The normalized spacial score (nSPS) is 14.0. The van der Waals surface area contributed by atoms with Gasteiger partial charge in [0.25, 0.3) is 0 Å². The minimum Gasteiger partial charge on any atom is -0.348 e. The molecule has 0 aliphatic heterocycles. The molecule has 0 heterocycles. The topological polar surface area (TPSA) is 20.3 Å². The molecule has 44 valence electrons. The quantitative estimate of drug-likeness (QED) is 0.466. The van der Waals surface area contributed by atoms with Crippen molar-refractivity contribution in [3.63, 3.8) is 0 Å². The van der Waals surface area contributed by atoms with E-state index in [-0.39, 0.29) is 11.8 Å². The highest BCUT2D eigenvalue weighted by Gasteiger charge is 2.07. The van der Waals surface area contributed by atoms with Gasteiger partial charge in [-0.05, 0) is 20.9 Å². The first-order valence-corrected chi connectivity index (χ1v) is 2.53. The smallest absolute Gasteiger partial charge is 0.183 e. The molecule has 2 nitrogen and oxygen atoms in total. The van der Waals surface area contributed by atoms with Crippen LogP contribution in [0.5, 0.6) is 0 Å². The molecule has 0 fully saturated rings. The summed E-state index contributed by atoms with van der Waals surface area (Å²) in [4.78, 5) is 11.9. The maximum Gasteiger partial charge on any atom is 0.183 e. The molecule has 0 saturated carbocycles. The Bertz CT molecular complexity index is 92.4. The van der Waals surface area contributed by atoms with E-state index in [1.807, 2.05) is 0 Å². The molecule has 0 bridgehead atoms. The average molecular weight is 111 g/mol. The van der Waals surface area contributed by atoms with Gasteiger partial charge in [0.1, 0.15) is 5.78 Å². The van der Waals surface area contributed by atoms with Crippen molar-refractivity contribution in [2.45, 2.75) is 19.9 Å². The largest absolute Gasteiger partial charge is 0.348 e. The summed E-state index contributed by atoms with van der Waals surface area (Å²) in [7, 11) is 6.92. The van der Waals surface area contributed by atoms with Crippen LogP contribution in [0, 0.1) is 0 Å². The molecule has 1 unspecified atom stereocenters. The molecule has 0 aromatic heterocycles. The highest BCUT2D eigenvalue weighted by Crippen LogP contribution is 1.89. The van der Waals surface area contributed by atoms with Crippen molar-refractivity contribution in [3.8, 4) is 0 Å². The lowest BCUT2D eigenvalue weighted by atomic mass is 10.1. The Balaban J connectivity index is 3.64. The van der Waals surface area contributed by atoms with E-state index >= 15 is 0 Å². The van der Waals surface area contributed by atoms with Gasteiger partial charge in [-0.1, -0.05) is 0 Å². The standard InChI is InChI=1S/C5H10BNO/c1-4(5(2)8)7(3)6/h4H,1-3H3. The lowest BCUT2D eigenvalue weighted by molar-refractivity contribution is -0.119. The minimum absolute atomic E-state index is 0.0926. The van der Waals surface area contributed by atoms with Crippen molar-refractivity contribution in [2.24, 2.45) is 0 Å². The summed E-state index contributed by atoms with van der Waals surface area (Å²) in [5.41, 5.74) is 0. The summed E-state index contributed by atoms with van der Waals surface area (Å²) < 4.78 is 0. The summed E-state index contributed by atoms with van der Waals surface area (Å²) in [6, 6.07) is -0.157. The SMILES string of the molecule is [B]N(C)C(C)C(C)=O. The molecule has 0 aliphatic carbocycles. The van der Waals surface area contributed by atoms with Gasteiger partial charge < -0.3 is 4.81 Å². The van der Waals surface area contributed by atoms with Gasteiger partial charge in [0.2, 0.25) is 0 Å². The molecular formula is C5H10BNO. The fraction of sp³-hybridized carbons (Fsp3) is 0.800. The summed E-state index contributed by atoms with van der Waals surface area (Å²) >= 11 is 0. The number of ketones is 1. The highest BCUT2D eigenvalue weighted by molar-refractivity contribution is 6.06. The second-order valence-electron chi connectivity index (χ2n) is 1.95. The lowest BCUT2D eigenvalue weighted by Crippen LogP contribution is -2.32. The van der Waals surface area contributed by atoms with Gasteiger partial charge in [-0.25, -0.2) is 0 Å². The van der Waals surface area contributed by atoms with Gasteiger partial charge in [-0.2, -0.15) is 0 Å². The van der Waals surface area contributed by atoms with Crippen LogP contribution in [-0.2, 0) is 4.79 Å². The molecular weight excluding hydrogens is 101 g/mol. The minimum atomic E-state index is -0.157. The summed E-state index contributed by atoms with van der Waals surface area (Å²) in [5, 5.41) is 0. The first kappa shape index (κ1) is 7.69. The lowest BCUT2D eigenvalue weighted by Gasteiger charge is -2.15. The van der Waals surface area contributed by atoms with Crippen molar-refractivity contribution in [1.29, 1.82) is 0 Å². The van der Waals surface area contributed by atoms with E-state index in [1.54, 1.807) is 14.0 Å². The second kappa shape index (κ2) is 2.87. The summed E-state index contributed by atoms with van der Waals surface area (Å²) in [5.74, 6) is 0.0926. The third kappa shape index (κ3) is 2.12. The van der Waals surface area contributed by atoms with Crippen LogP contribution >= 0.6 is 0 Å². The summed E-state index contributed by atoms with van der Waals surface area (Å²) in [6.45, 7) is 3.29. The van der Waals surface area contributed by atoms with Crippen LogP contribution in [0.4, 0.5) is 0 Å². The van der Waals surface area contributed by atoms with Gasteiger partial charge in [0.05, 0.1) is 6.04 Å². The van der Waals surface area contributed by atoms with Crippen LogP contribution in [0.25, 0.3) is 0 Å². The molecule has 3 heteroatoms. The van der Waals surface area contributed by atoms with E-state index in [0.717, 1.165) is 0 Å². The predicted molar refractivity (Wildman–Crippen MR) is 33.7 cm³/mol. The predicted octanol–water partition coefficient (Wildman–Crippen LogP) is -0.0208. The van der Waals surface area contributed by atoms with Gasteiger partial charge in [-0.3, -0.25) is 4.79 Å². The van der Waals surface area contributed by atoms with Crippen molar-refractivity contribution in [3.05, 3.63) is 0 Å². The zero-order valence-electron chi connectivity index (χ0n) is 5.51. The number of likely N-dealkylation sites (N-methyl/N-ethyl adjacent to an activating group) is 1. The number of nitrogens with zero attached hydrogens (tertiary/aromatic N) is 1.